The van der Waals surface area contributed by atoms with Crippen molar-refractivity contribution in [1.29, 1.82) is 0 Å². The summed E-state index contributed by atoms with van der Waals surface area (Å²) in [5, 5.41) is 12.0. The molecule has 3 heterocycles. The first-order chi connectivity index (χ1) is 16.6. The summed E-state index contributed by atoms with van der Waals surface area (Å²) in [7, 11) is 0. The van der Waals surface area contributed by atoms with Gasteiger partial charge in [-0.15, -0.1) is 10.2 Å². The van der Waals surface area contributed by atoms with Gasteiger partial charge >= 0.3 is 5.97 Å². The average Bonchev–Trinajstić information content (AvgIpc) is 3.60. The highest BCUT2D eigenvalue weighted by Crippen LogP contribution is 2.31. The third-order valence-electron chi connectivity index (χ3n) is 5.17. The minimum atomic E-state index is -0.400. The number of furan rings is 1. The highest BCUT2D eigenvalue weighted by atomic mass is 16.5. The van der Waals surface area contributed by atoms with Crippen LogP contribution < -0.4 is 5.32 Å². The number of ether oxygens (including phenoxy) is 1. The van der Waals surface area contributed by atoms with Gasteiger partial charge in [-0.2, -0.15) is 0 Å². The molecule has 0 saturated heterocycles. The molecular formula is C25H20N4O5. The van der Waals surface area contributed by atoms with E-state index in [4.69, 9.17) is 13.6 Å². The predicted octanol–water partition coefficient (Wildman–Crippen LogP) is 4.77. The van der Waals surface area contributed by atoms with E-state index in [1.807, 2.05) is 35.0 Å². The Morgan fingerprint density at radius 1 is 1.00 bits per heavy atom. The molecule has 0 aliphatic carbocycles. The zero-order chi connectivity index (χ0) is 23.5. The van der Waals surface area contributed by atoms with Gasteiger partial charge in [-0.05, 0) is 49.4 Å². The summed E-state index contributed by atoms with van der Waals surface area (Å²) in [6.45, 7) is 2.12. The second-order valence-corrected chi connectivity index (χ2v) is 7.42. The van der Waals surface area contributed by atoms with E-state index in [-0.39, 0.29) is 18.3 Å². The van der Waals surface area contributed by atoms with Gasteiger partial charge in [0.25, 0.3) is 5.89 Å². The van der Waals surface area contributed by atoms with Gasteiger partial charge in [-0.1, -0.05) is 18.2 Å². The number of aromatic nitrogens is 3. The molecule has 2 aromatic carbocycles. The van der Waals surface area contributed by atoms with Crippen molar-refractivity contribution < 1.29 is 23.2 Å². The lowest BCUT2D eigenvalue weighted by molar-refractivity contribution is -0.116. The maximum Gasteiger partial charge on any atom is 0.338 e. The summed E-state index contributed by atoms with van der Waals surface area (Å²) in [6, 6.07) is 17.7. The highest BCUT2D eigenvalue weighted by Gasteiger charge is 2.18. The summed E-state index contributed by atoms with van der Waals surface area (Å²) >= 11 is 0. The maximum absolute atomic E-state index is 12.8. The molecule has 34 heavy (non-hydrogen) atoms. The maximum atomic E-state index is 12.8. The van der Waals surface area contributed by atoms with E-state index in [0.717, 1.165) is 10.9 Å². The van der Waals surface area contributed by atoms with Crippen LogP contribution in [0.5, 0.6) is 0 Å². The van der Waals surface area contributed by atoms with Crippen LogP contribution in [0.4, 0.5) is 5.69 Å². The smallest absolute Gasteiger partial charge is 0.338 e. The number of fused-ring (bicyclic) bond motifs is 1. The minimum Gasteiger partial charge on any atom is -0.462 e. The Morgan fingerprint density at radius 2 is 1.79 bits per heavy atom. The largest absolute Gasteiger partial charge is 0.462 e. The van der Waals surface area contributed by atoms with Gasteiger partial charge in [0.1, 0.15) is 6.54 Å². The number of benzene rings is 2. The van der Waals surface area contributed by atoms with Crippen molar-refractivity contribution in [3.63, 3.8) is 0 Å². The third-order valence-corrected chi connectivity index (χ3v) is 5.17. The quantitative estimate of drug-likeness (QED) is 0.351. The zero-order valence-corrected chi connectivity index (χ0v) is 18.2. The Kier molecular flexibility index (Phi) is 5.65. The number of rotatable bonds is 7. The summed E-state index contributed by atoms with van der Waals surface area (Å²) < 4.78 is 17.9. The topological polar surface area (TPSA) is 112 Å². The predicted molar refractivity (Wildman–Crippen MR) is 124 cm³/mol. The third kappa shape index (κ3) is 4.18. The molecule has 5 aromatic rings. The molecule has 0 spiro atoms. The lowest BCUT2D eigenvalue weighted by Crippen LogP contribution is -2.18. The molecular weight excluding hydrogens is 436 g/mol. The number of hydrogen-bond acceptors (Lipinski definition) is 7. The van der Waals surface area contributed by atoms with Crippen LogP contribution in [0, 0.1) is 0 Å². The van der Waals surface area contributed by atoms with Gasteiger partial charge in [0.05, 0.1) is 24.0 Å². The summed E-state index contributed by atoms with van der Waals surface area (Å²) in [5.74, 6) is 0.467. The van der Waals surface area contributed by atoms with Crippen LogP contribution in [0.15, 0.2) is 82.0 Å². The van der Waals surface area contributed by atoms with Crippen LogP contribution in [0.2, 0.25) is 0 Å². The Bertz CT molecular complexity index is 1450. The standard InChI is InChI=1S/C25H20N4O5/c1-2-32-25(31)16-9-11-17(12-10-16)26-22(30)15-29-14-19(18-6-3-4-7-20(18)29)23-27-28-24(34-23)21-8-5-13-33-21/h3-14H,2,15H2,1H3,(H,26,30). The fourth-order valence-electron chi connectivity index (χ4n) is 3.64. The molecule has 1 amide bonds. The molecule has 3 aromatic heterocycles. The van der Waals surface area contributed by atoms with E-state index in [2.05, 4.69) is 15.5 Å². The Balaban J connectivity index is 1.36. The summed E-state index contributed by atoms with van der Waals surface area (Å²) in [5.41, 5.74) is 2.57. The number of amides is 1. The first kappa shape index (κ1) is 21.2. The number of esters is 1. The first-order valence-corrected chi connectivity index (χ1v) is 10.6. The molecule has 9 nitrogen and oxygen atoms in total. The molecule has 5 rings (SSSR count). The fraction of sp³-hybridized carbons (Fsp3) is 0.120. The van der Waals surface area contributed by atoms with Gasteiger partial charge in [0, 0.05) is 22.8 Å². The van der Waals surface area contributed by atoms with E-state index in [1.165, 1.54) is 6.26 Å². The van der Waals surface area contributed by atoms with E-state index >= 15 is 0 Å². The number of carbonyl (C=O) groups is 2. The monoisotopic (exact) mass is 456 g/mol. The van der Waals surface area contributed by atoms with Crippen molar-refractivity contribution in [3.8, 4) is 23.1 Å². The normalized spacial score (nSPS) is 11.0. The lowest BCUT2D eigenvalue weighted by Gasteiger charge is -2.08. The Hall–Kier alpha value is -4.66. The SMILES string of the molecule is CCOC(=O)c1ccc(NC(=O)Cn2cc(-c3nnc(-c4ccco4)o3)c3ccccc32)cc1. The van der Waals surface area contributed by atoms with E-state index in [0.29, 0.717) is 35.1 Å². The molecule has 170 valence electrons. The molecule has 0 radical (unpaired) electrons. The van der Waals surface area contributed by atoms with Gasteiger partial charge in [0.2, 0.25) is 11.8 Å². The van der Waals surface area contributed by atoms with Crippen molar-refractivity contribution in [1.82, 2.24) is 14.8 Å². The summed E-state index contributed by atoms with van der Waals surface area (Å²) in [6.07, 6.45) is 3.35. The second kappa shape index (κ2) is 9.07. The first-order valence-electron chi connectivity index (χ1n) is 10.6. The highest BCUT2D eigenvalue weighted by molar-refractivity contribution is 5.97. The van der Waals surface area contributed by atoms with E-state index < -0.39 is 5.97 Å². The fourth-order valence-corrected chi connectivity index (χ4v) is 3.64. The molecule has 0 bridgehead atoms. The number of carbonyl (C=O) groups excluding carboxylic acids is 2. The number of para-hydroxylation sites is 1. The number of nitrogens with zero attached hydrogens (tertiary/aromatic N) is 3. The zero-order valence-electron chi connectivity index (χ0n) is 18.2. The average molecular weight is 456 g/mol. The molecule has 0 aliphatic heterocycles. The Morgan fingerprint density at radius 3 is 2.56 bits per heavy atom. The van der Waals surface area contributed by atoms with Gasteiger partial charge in [0.15, 0.2) is 5.76 Å². The molecule has 0 atom stereocenters. The van der Waals surface area contributed by atoms with Crippen LogP contribution in [0.25, 0.3) is 34.0 Å². The molecule has 1 N–H and O–H groups in total. The summed E-state index contributed by atoms with van der Waals surface area (Å²) in [4.78, 5) is 24.6. The van der Waals surface area contributed by atoms with Crippen LogP contribution in [-0.4, -0.2) is 33.2 Å². The van der Waals surface area contributed by atoms with Crippen LogP contribution in [0.3, 0.4) is 0 Å². The van der Waals surface area contributed by atoms with E-state index in [9.17, 15) is 9.59 Å². The van der Waals surface area contributed by atoms with Crippen LogP contribution in [0.1, 0.15) is 17.3 Å². The molecule has 0 saturated carbocycles. The van der Waals surface area contributed by atoms with Crippen molar-refractivity contribution in [2.24, 2.45) is 0 Å². The molecule has 9 heteroatoms. The van der Waals surface area contributed by atoms with E-state index in [1.54, 1.807) is 43.3 Å². The number of hydrogen-bond donors (Lipinski definition) is 1. The molecule has 0 unspecified atom stereocenters. The Labute approximate surface area is 194 Å². The van der Waals surface area contributed by atoms with Crippen LogP contribution in [-0.2, 0) is 16.1 Å². The van der Waals surface area contributed by atoms with Crippen molar-refractivity contribution in [2.75, 3.05) is 11.9 Å². The number of anilines is 1. The van der Waals surface area contributed by atoms with Gasteiger partial charge in [-0.25, -0.2) is 4.79 Å². The molecule has 0 fully saturated rings. The van der Waals surface area contributed by atoms with Crippen molar-refractivity contribution in [3.05, 3.63) is 78.7 Å². The molecule has 0 aliphatic rings. The van der Waals surface area contributed by atoms with Crippen molar-refractivity contribution in [2.45, 2.75) is 13.5 Å². The van der Waals surface area contributed by atoms with Crippen molar-refractivity contribution >= 4 is 28.5 Å². The minimum absolute atomic E-state index is 0.0688. The number of nitrogens with one attached hydrogen (secondary N) is 1. The lowest BCUT2D eigenvalue weighted by atomic mass is 10.2. The van der Waals surface area contributed by atoms with Gasteiger partial charge in [-0.3, -0.25) is 4.79 Å². The second-order valence-electron chi connectivity index (χ2n) is 7.42. The van der Waals surface area contributed by atoms with Crippen LogP contribution >= 0.6 is 0 Å². The van der Waals surface area contributed by atoms with Gasteiger partial charge < -0.3 is 23.5 Å².